The van der Waals surface area contributed by atoms with E-state index in [0.717, 1.165) is 27.5 Å². The van der Waals surface area contributed by atoms with E-state index in [-0.39, 0.29) is 16.6 Å². The van der Waals surface area contributed by atoms with Crippen LogP contribution in [0.3, 0.4) is 0 Å². The average Bonchev–Trinajstić information content (AvgIpc) is 2.62. The molecule has 2 aromatic rings. The number of halogens is 1. The Bertz CT molecular complexity index is 788. The van der Waals surface area contributed by atoms with Gasteiger partial charge in [-0.25, -0.2) is 4.79 Å². The highest BCUT2D eigenvalue weighted by Crippen LogP contribution is 2.22. The highest BCUT2D eigenvalue weighted by molar-refractivity contribution is 9.10. The van der Waals surface area contributed by atoms with E-state index in [1.54, 1.807) is 42.5 Å². The average molecular weight is 436 g/mol. The van der Waals surface area contributed by atoms with Crippen molar-refractivity contribution in [3.05, 3.63) is 63.5 Å². The number of amides is 1. The highest BCUT2D eigenvalue weighted by atomic mass is 79.9. The van der Waals surface area contributed by atoms with Gasteiger partial charge in [0.1, 0.15) is 5.75 Å². The number of hydrogen-bond donors (Lipinski definition) is 2. The number of carboxylic acids is 1. The molecule has 26 heavy (non-hydrogen) atoms. The molecule has 2 aromatic carbocycles. The second-order valence-electron chi connectivity index (χ2n) is 5.16. The van der Waals surface area contributed by atoms with Crippen molar-refractivity contribution in [2.24, 2.45) is 0 Å². The summed E-state index contributed by atoms with van der Waals surface area (Å²) in [4.78, 5) is 23.6. The number of ether oxygens (including phenoxy) is 1. The van der Waals surface area contributed by atoms with E-state index in [4.69, 9.17) is 4.74 Å². The minimum atomic E-state index is -1.06. The molecular formula is C19H18BrNO4S. The third-order valence-electron chi connectivity index (χ3n) is 3.19. The topological polar surface area (TPSA) is 75.6 Å². The zero-order chi connectivity index (χ0) is 18.9. The number of carbonyl (C=O) groups is 2. The van der Waals surface area contributed by atoms with Crippen molar-refractivity contribution in [2.75, 3.05) is 17.7 Å². The molecule has 0 heterocycles. The summed E-state index contributed by atoms with van der Waals surface area (Å²) >= 11 is 4.31. The number of hydrogen-bond acceptors (Lipinski definition) is 4. The Labute approximate surface area is 164 Å². The van der Waals surface area contributed by atoms with Gasteiger partial charge in [-0.15, -0.1) is 11.8 Å². The van der Waals surface area contributed by atoms with E-state index in [2.05, 4.69) is 21.2 Å². The molecule has 7 heteroatoms. The zero-order valence-electron chi connectivity index (χ0n) is 14.1. The quantitative estimate of drug-likeness (QED) is 0.590. The number of thioether (sulfide) groups is 1. The molecule has 0 radical (unpaired) electrons. The summed E-state index contributed by atoms with van der Waals surface area (Å²) in [6, 6.07) is 14.3. The molecule has 0 spiro atoms. The van der Waals surface area contributed by atoms with Gasteiger partial charge in [0, 0.05) is 10.2 Å². The normalized spacial score (nSPS) is 11.1. The van der Waals surface area contributed by atoms with Crippen LogP contribution in [0.25, 0.3) is 6.08 Å². The molecule has 5 nitrogen and oxygen atoms in total. The van der Waals surface area contributed by atoms with Crippen molar-refractivity contribution in [2.45, 2.75) is 6.92 Å². The first-order valence-corrected chi connectivity index (χ1v) is 9.62. The predicted octanol–water partition coefficient (Wildman–Crippen LogP) is 4.65. The number of anilines is 1. The molecule has 0 atom stereocenters. The van der Waals surface area contributed by atoms with Gasteiger partial charge in [0.15, 0.2) is 0 Å². The fourth-order valence-corrected chi connectivity index (χ4v) is 2.98. The lowest BCUT2D eigenvalue weighted by molar-refractivity contribution is -0.131. The van der Waals surface area contributed by atoms with E-state index in [1.165, 1.54) is 0 Å². The van der Waals surface area contributed by atoms with Gasteiger partial charge in [0.2, 0.25) is 5.91 Å². The fraction of sp³-hybridized carbons (Fsp3) is 0.158. The maximum Gasteiger partial charge on any atom is 0.342 e. The van der Waals surface area contributed by atoms with Gasteiger partial charge >= 0.3 is 5.97 Å². The maximum atomic E-state index is 12.1. The molecule has 2 N–H and O–H groups in total. The van der Waals surface area contributed by atoms with Crippen LogP contribution in [-0.4, -0.2) is 29.3 Å². The van der Waals surface area contributed by atoms with E-state index in [9.17, 15) is 14.7 Å². The van der Waals surface area contributed by atoms with E-state index in [0.29, 0.717) is 12.3 Å². The second-order valence-corrected chi connectivity index (χ2v) is 7.09. The van der Waals surface area contributed by atoms with Crippen molar-refractivity contribution in [1.29, 1.82) is 0 Å². The van der Waals surface area contributed by atoms with Gasteiger partial charge in [-0.05, 0) is 55.0 Å². The summed E-state index contributed by atoms with van der Waals surface area (Å²) in [6.07, 6.45) is 1.55. The summed E-state index contributed by atoms with van der Waals surface area (Å²) < 4.78 is 6.25. The Morgan fingerprint density at radius 1 is 1.15 bits per heavy atom. The van der Waals surface area contributed by atoms with Crippen LogP contribution in [0, 0.1) is 0 Å². The van der Waals surface area contributed by atoms with E-state index in [1.807, 2.05) is 19.1 Å². The fourth-order valence-electron chi connectivity index (χ4n) is 2.02. The lowest BCUT2D eigenvalue weighted by Gasteiger charge is -2.07. The minimum Gasteiger partial charge on any atom is -0.494 e. The number of benzene rings is 2. The lowest BCUT2D eigenvalue weighted by atomic mass is 10.2. The zero-order valence-corrected chi connectivity index (χ0v) is 16.5. The first kappa shape index (κ1) is 20.1. The Hall–Kier alpha value is -2.25. The Balaban J connectivity index is 1.94. The molecule has 0 saturated heterocycles. The van der Waals surface area contributed by atoms with E-state index >= 15 is 0 Å². The summed E-state index contributed by atoms with van der Waals surface area (Å²) in [5.74, 6) is -0.610. The summed E-state index contributed by atoms with van der Waals surface area (Å²) in [5, 5.41) is 12.1. The lowest BCUT2D eigenvalue weighted by Crippen LogP contribution is -2.15. The van der Waals surface area contributed by atoms with Gasteiger partial charge in [0.05, 0.1) is 17.3 Å². The Morgan fingerprint density at radius 3 is 2.38 bits per heavy atom. The number of aliphatic carboxylic acids is 1. The summed E-state index contributed by atoms with van der Waals surface area (Å²) in [5.41, 5.74) is 1.39. The van der Waals surface area contributed by atoms with Crippen LogP contribution in [0.15, 0.2) is 57.9 Å². The number of nitrogens with one attached hydrogen (secondary N) is 1. The van der Waals surface area contributed by atoms with E-state index < -0.39 is 5.97 Å². The summed E-state index contributed by atoms with van der Waals surface area (Å²) in [7, 11) is 0. The van der Waals surface area contributed by atoms with Crippen molar-refractivity contribution in [3.8, 4) is 5.75 Å². The molecule has 0 aliphatic rings. The number of carboxylic acid groups (broad SMARTS) is 1. The van der Waals surface area contributed by atoms with Gasteiger partial charge < -0.3 is 15.2 Å². The largest absolute Gasteiger partial charge is 0.494 e. The van der Waals surface area contributed by atoms with Crippen molar-refractivity contribution in [3.63, 3.8) is 0 Å². The SMILES string of the molecule is CCOc1ccc(NC(=O)CS/C(=C/c2ccc(Br)cc2)C(=O)O)cc1. The molecule has 0 aliphatic carbocycles. The minimum absolute atomic E-state index is 0.00186. The Kier molecular flexibility index (Phi) is 7.74. The molecule has 0 aromatic heterocycles. The molecule has 0 saturated carbocycles. The molecule has 0 fully saturated rings. The Morgan fingerprint density at radius 2 is 1.81 bits per heavy atom. The van der Waals surface area contributed by atoms with Crippen LogP contribution in [0.5, 0.6) is 5.75 Å². The molecule has 1 amide bonds. The first-order valence-electron chi connectivity index (χ1n) is 7.84. The van der Waals surface area contributed by atoms with Crippen LogP contribution < -0.4 is 10.1 Å². The van der Waals surface area contributed by atoms with Gasteiger partial charge in [-0.1, -0.05) is 28.1 Å². The molecule has 0 bridgehead atoms. The second kappa shape index (κ2) is 10.0. The maximum absolute atomic E-state index is 12.1. The van der Waals surface area contributed by atoms with Gasteiger partial charge in [-0.3, -0.25) is 4.79 Å². The van der Waals surface area contributed by atoms with Crippen LogP contribution in [-0.2, 0) is 9.59 Å². The molecule has 0 aliphatic heterocycles. The molecule has 136 valence electrons. The molecular weight excluding hydrogens is 418 g/mol. The van der Waals surface area contributed by atoms with Crippen LogP contribution in [0.1, 0.15) is 12.5 Å². The molecule has 2 rings (SSSR count). The van der Waals surface area contributed by atoms with Crippen molar-refractivity contribution >= 4 is 51.3 Å². The third-order valence-corrected chi connectivity index (χ3v) is 4.73. The van der Waals surface area contributed by atoms with Gasteiger partial charge in [-0.2, -0.15) is 0 Å². The smallest absolute Gasteiger partial charge is 0.342 e. The first-order chi connectivity index (χ1) is 12.5. The van der Waals surface area contributed by atoms with Crippen LogP contribution >= 0.6 is 27.7 Å². The third kappa shape index (κ3) is 6.57. The monoisotopic (exact) mass is 435 g/mol. The number of carbonyl (C=O) groups excluding carboxylic acids is 1. The predicted molar refractivity (Wildman–Crippen MR) is 108 cm³/mol. The molecule has 0 unspecified atom stereocenters. The van der Waals surface area contributed by atoms with Crippen LogP contribution in [0.2, 0.25) is 0 Å². The summed E-state index contributed by atoms with van der Waals surface area (Å²) in [6.45, 7) is 2.47. The van der Waals surface area contributed by atoms with Crippen molar-refractivity contribution < 1.29 is 19.4 Å². The van der Waals surface area contributed by atoms with Crippen molar-refractivity contribution in [1.82, 2.24) is 0 Å². The number of rotatable bonds is 8. The van der Waals surface area contributed by atoms with Crippen LogP contribution in [0.4, 0.5) is 5.69 Å². The highest BCUT2D eigenvalue weighted by Gasteiger charge is 2.12. The van der Waals surface area contributed by atoms with Gasteiger partial charge in [0.25, 0.3) is 0 Å². The standard InChI is InChI=1S/C19H18BrNO4S/c1-2-25-16-9-7-15(8-10-16)21-18(22)12-26-17(19(23)24)11-13-3-5-14(20)6-4-13/h3-11H,2,12H2,1H3,(H,21,22)(H,23,24)/b17-11+.